The van der Waals surface area contributed by atoms with Gasteiger partial charge in [0.25, 0.3) is 0 Å². The largest absolute Gasteiger partial charge is 0.573 e. The summed E-state index contributed by atoms with van der Waals surface area (Å²) in [5, 5.41) is 5.28. The highest BCUT2D eigenvalue weighted by molar-refractivity contribution is 6.32. The van der Waals surface area contributed by atoms with Gasteiger partial charge in [-0.25, -0.2) is 0 Å². The molecule has 0 bridgehead atoms. The van der Waals surface area contributed by atoms with Crippen LogP contribution in [0.3, 0.4) is 0 Å². The lowest BCUT2D eigenvalue weighted by molar-refractivity contribution is -0.274. The number of benzene rings is 1. The van der Waals surface area contributed by atoms with E-state index in [-0.39, 0.29) is 12.2 Å². The number of amides is 1. The molecule has 0 aliphatic carbocycles. The van der Waals surface area contributed by atoms with Crippen molar-refractivity contribution in [3.8, 4) is 5.75 Å². The number of ether oxygens (including phenoxy) is 1. The maximum Gasteiger partial charge on any atom is 0.573 e. The van der Waals surface area contributed by atoms with Gasteiger partial charge in [0.05, 0.1) is 12.2 Å². The van der Waals surface area contributed by atoms with Crippen LogP contribution in [-0.2, 0) is 11.3 Å². The molecule has 1 aromatic carbocycles. The molecule has 1 heterocycles. The standard InChI is InChI=1S/C14H13ClF3N3O2/c1-9-4-2-5-11(23-14(16,17)18)12(9)20-13(22)10(15)8-21-7-3-6-19-21/h2-7,10H,8H2,1H3,(H,20,22). The predicted molar refractivity (Wildman–Crippen MR) is 78.4 cm³/mol. The maximum absolute atomic E-state index is 12.4. The lowest BCUT2D eigenvalue weighted by atomic mass is 10.2. The van der Waals surface area contributed by atoms with E-state index >= 15 is 0 Å². The molecule has 9 heteroatoms. The number of carbonyl (C=O) groups excluding carboxylic acids is 1. The molecule has 0 saturated carbocycles. The number of halogens is 4. The van der Waals surface area contributed by atoms with Gasteiger partial charge in [0.2, 0.25) is 5.91 Å². The van der Waals surface area contributed by atoms with Crippen molar-refractivity contribution in [2.75, 3.05) is 5.32 Å². The highest BCUT2D eigenvalue weighted by atomic mass is 35.5. The molecule has 1 aromatic heterocycles. The third-order valence-electron chi connectivity index (χ3n) is 2.90. The van der Waals surface area contributed by atoms with Crippen molar-refractivity contribution >= 4 is 23.2 Å². The molecule has 0 aliphatic heterocycles. The lowest BCUT2D eigenvalue weighted by Crippen LogP contribution is -2.28. The zero-order valence-electron chi connectivity index (χ0n) is 12.0. The molecular formula is C14H13ClF3N3O2. The summed E-state index contributed by atoms with van der Waals surface area (Å²) < 4.78 is 42.7. The monoisotopic (exact) mass is 347 g/mol. The Kier molecular flexibility index (Phi) is 5.15. The molecule has 5 nitrogen and oxygen atoms in total. The fourth-order valence-corrected chi connectivity index (χ4v) is 2.06. The first kappa shape index (κ1) is 17.1. The molecule has 0 fully saturated rings. The molecule has 1 N–H and O–H groups in total. The van der Waals surface area contributed by atoms with E-state index in [2.05, 4.69) is 15.2 Å². The van der Waals surface area contributed by atoms with Crippen molar-refractivity contribution in [2.24, 2.45) is 0 Å². The highest BCUT2D eigenvalue weighted by Crippen LogP contribution is 2.33. The van der Waals surface area contributed by atoms with Crippen LogP contribution in [0.1, 0.15) is 5.56 Å². The number of hydrogen-bond donors (Lipinski definition) is 1. The maximum atomic E-state index is 12.4. The van der Waals surface area contributed by atoms with Gasteiger partial charge in [-0.15, -0.1) is 24.8 Å². The molecule has 1 atom stereocenters. The van der Waals surface area contributed by atoms with E-state index in [1.165, 1.54) is 16.9 Å². The van der Waals surface area contributed by atoms with Crippen LogP contribution in [0.25, 0.3) is 0 Å². The van der Waals surface area contributed by atoms with Crippen LogP contribution < -0.4 is 10.1 Å². The van der Waals surface area contributed by atoms with Crippen LogP contribution in [0, 0.1) is 6.92 Å². The van der Waals surface area contributed by atoms with Crippen molar-refractivity contribution in [2.45, 2.75) is 25.2 Å². The van der Waals surface area contributed by atoms with E-state index in [0.29, 0.717) is 5.56 Å². The normalized spacial score (nSPS) is 12.7. The van der Waals surface area contributed by atoms with Crippen molar-refractivity contribution in [1.82, 2.24) is 9.78 Å². The zero-order valence-corrected chi connectivity index (χ0v) is 12.7. The van der Waals surface area contributed by atoms with Gasteiger partial charge < -0.3 is 10.1 Å². The number of anilines is 1. The number of aromatic nitrogens is 2. The minimum atomic E-state index is -4.86. The minimum Gasteiger partial charge on any atom is -0.404 e. The van der Waals surface area contributed by atoms with E-state index in [1.54, 1.807) is 25.3 Å². The molecule has 2 aromatic rings. The molecule has 0 radical (unpaired) electrons. The van der Waals surface area contributed by atoms with Gasteiger partial charge in [0.15, 0.2) is 5.75 Å². The van der Waals surface area contributed by atoms with Crippen LogP contribution in [0.4, 0.5) is 18.9 Å². The predicted octanol–water partition coefficient (Wildman–Crippen LogP) is 3.34. The first-order valence-corrected chi connectivity index (χ1v) is 6.97. The van der Waals surface area contributed by atoms with Crippen LogP contribution in [-0.4, -0.2) is 27.4 Å². The third kappa shape index (κ3) is 4.88. The smallest absolute Gasteiger partial charge is 0.404 e. The number of nitrogens with zero attached hydrogens (tertiary/aromatic N) is 2. The third-order valence-corrected chi connectivity index (χ3v) is 3.24. The Balaban J connectivity index is 2.13. The van der Waals surface area contributed by atoms with Crippen molar-refractivity contribution in [3.05, 3.63) is 42.2 Å². The van der Waals surface area contributed by atoms with Gasteiger partial charge in [-0.3, -0.25) is 9.48 Å². The first-order chi connectivity index (χ1) is 10.8. The Hall–Kier alpha value is -2.22. The quantitative estimate of drug-likeness (QED) is 0.844. The lowest BCUT2D eigenvalue weighted by Gasteiger charge is -2.17. The van der Waals surface area contributed by atoms with Gasteiger partial charge in [-0.1, -0.05) is 12.1 Å². The summed E-state index contributed by atoms with van der Waals surface area (Å²) in [6, 6.07) is 5.73. The van der Waals surface area contributed by atoms with Crippen molar-refractivity contribution in [1.29, 1.82) is 0 Å². The number of aryl methyl sites for hydroxylation is 1. The van der Waals surface area contributed by atoms with Gasteiger partial charge in [-0.05, 0) is 24.6 Å². The van der Waals surface area contributed by atoms with E-state index in [4.69, 9.17) is 11.6 Å². The Labute approximate surface area is 135 Å². The Morgan fingerprint density at radius 3 is 2.78 bits per heavy atom. The molecule has 124 valence electrons. The Morgan fingerprint density at radius 1 is 1.43 bits per heavy atom. The summed E-state index contributed by atoms with van der Waals surface area (Å²) in [7, 11) is 0. The van der Waals surface area contributed by atoms with Crippen LogP contribution in [0.5, 0.6) is 5.75 Å². The molecule has 0 aliphatic rings. The van der Waals surface area contributed by atoms with Gasteiger partial charge >= 0.3 is 6.36 Å². The van der Waals surface area contributed by atoms with Crippen molar-refractivity contribution in [3.63, 3.8) is 0 Å². The Morgan fingerprint density at radius 2 is 2.17 bits per heavy atom. The first-order valence-electron chi connectivity index (χ1n) is 6.54. The summed E-state index contributed by atoms with van der Waals surface area (Å²) in [5.74, 6) is -1.14. The van der Waals surface area contributed by atoms with E-state index in [1.807, 2.05) is 0 Å². The zero-order chi connectivity index (χ0) is 17.0. The number of nitrogens with one attached hydrogen (secondary N) is 1. The second kappa shape index (κ2) is 6.91. The van der Waals surface area contributed by atoms with Gasteiger partial charge in [-0.2, -0.15) is 5.10 Å². The summed E-state index contributed by atoms with van der Waals surface area (Å²) in [5.41, 5.74) is 0.351. The van der Waals surface area contributed by atoms with Crippen LogP contribution in [0.15, 0.2) is 36.7 Å². The second-order valence-electron chi connectivity index (χ2n) is 4.68. The topological polar surface area (TPSA) is 56.1 Å². The van der Waals surface area contributed by atoms with Crippen molar-refractivity contribution < 1.29 is 22.7 Å². The second-order valence-corrected chi connectivity index (χ2v) is 5.21. The number of hydrogen-bond acceptors (Lipinski definition) is 3. The van der Waals surface area contributed by atoms with Gasteiger partial charge in [0, 0.05) is 12.4 Å². The van der Waals surface area contributed by atoms with Gasteiger partial charge in [0.1, 0.15) is 5.38 Å². The Bertz CT molecular complexity index is 674. The minimum absolute atomic E-state index is 0.0686. The SMILES string of the molecule is Cc1cccc(OC(F)(F)F)c1NC(=O)C(Cl)Cn1cccn1. The molecular weight excluding hydrogens is 335 g/mol. The average molecular weight is 348 g/mol. The summed E-state index contributed by atoms with van der Waals surface area (Å²) in [6.07, 6.45) is -1.71. The van der Waals surface area contributed by atoms with Crippen LogP contribution in [0.2, 0.25) is 0 Å². The van der Waals surface area contributed by atoms with E-state index in [0.717, 1.165) is 6.07 Å². The van der Waals surface area contributed by atoms with Crippen LogP contribution >= 0.6 is 11.6 Å². The molecule has 1 amide bonds. The molecule has 1 unspecified atom stereocenters. The summed E-state index contributed by atoms with van der Waals surface area (Å²) in [6.45, 7) is 1.64. The average Bonchev–Trinajstić information content (AvgIpc) is 2.93. The number of alkyl halides is 4. The molecule has 23 heavy (non-hydrogen) atoms. The van der Waals surface area contributed by atoms with E-state index in [9.17, 15) is 18.0 Å². The molecule has 0 spiro atoms. The summed E-state index contributed by atoms with van der Waals surface area (Å²) in [4.78, 5) is 12.1. The number of carbonyl (C=O) groups is 1. The number of rotatable bonds is 5. The molecule has 0 saturated heterocycles. The summed E-state index contributed by atoms with van der Waals surface area (Å²) >= 11 is 5.97. The number of para-hydroxylation sites is 1. The fourth-order valence-electron chi connectivity index (χ4n) is 1.87. The van der Waals surface area contributed by atoms with E-state index < -0.39 is 23.4 Å². The molecule has 2 rings (SSSR count). The fraction of sp³-hybridized carbons (Fsp3) is 0.286. The highest BCUT2D eigenvalue weighted by Gasteiger charge is 2.32.